The summed E-state index contributed by atoms with van der Waals surface area (Å²) < 4.78 is 4.81. The first-order valence-corrected chi connectivity index (χ1v) is 7.75. The zero-order valence-corrected chi connectivity index (χ0v) is 15.3. The fourth-order valence-electron chi connectivity index (χ4n) is 1.11. The summed E-state index contributed by atoms with van der Waals surface area (Å²) in [5.74, 6) is -2.55. The molecule has 0 aromatic rings. The predicted octanol–water partition coefficient (Wildman–Crippen LogP) is 3.18. The Morgan fingerprint density at radius 1 is 0.708 bits per heavy atom. The summed E-state index contributed by atoms with van der Waals surface area (Å²) in [6.07, 6.45) is 6.52. The first kappa shape index (κ1) is 29.8. The fourth-order valence-corrected chi connectivity index (χ4v) is 1.11. The van der Waals surface area contributed by atoms with E-state index in [-0.39, 0.29) is 5.97 Å². The van der Waals surface area contributed by atoms with Crippen LogP contribution in [0.5, 0.6) is 0 Å². The predicted molar refractivity (Wildman–Crippen MR) is 89.9 cm³/mol. The Bertz CT molecular complexity index is 286. The Morgan fingerprint density at radius 2 is 1.04 bits per heavy atom. The molecule has 0 aromatic carbocycles. The maximum atomic E-state index is 10.9. The quantitative estimate of drug-likeness (QED) is 0.469. The van der Waals surface area contributed by atoms with Gasteiger partial charge >= 0.3 is 5.97 Å². The van der Waals surface area contributed by atoms with Crippen LogP contribution in [0.25, 0.3) is 0 Å². The molecular weight excluding hydrogens is 320 g/mol. The summed E-state index contributed by atoms with van der Waals surface area (Å²) in [5, 5.41) is 22.2. The molecule has 8 heteroatoms. The Kier molecular flexibility index (Phi) is 32.1. The monoisotopic (exact) mass is 352 g/mol. The third-order valence-corrected chi connectivity index (χ3v) is 1.79. The highest BCUT2D eigenvalue weighted by Crippen LogP contribution is 2.05. The molecule has 0 aliphatic rings. The number of unbranched alkanes of at least 4 members (excludes halogenated alkanes) is 4. The number of aliphatic carboxylic acids is 3. The highest BCUT2D eigenvalue weighted by atomic mass is 16.5. The topological polar surface area (TPSA) is 138 Å². The van der Waals surface area contributed by atoms with Crippen molar-refractivity contribution in [3.63, 3.8) is 0 Å². The van der Waals surface area contributed by atoms with E-state index in [1.807, 2.05) is 6.92 Å². The maximum absolute atomic E-state index is 10.9. The number of carboxylic acids is 3. The van der Waals surface area contributed by atoms with Crippen molar-refractivity contribution in [2.24, 2.45) is 0 Å². The molecule has 0 spiro atoms. The Hall–Kier alpha value is -2.12. The molecule has 0 atom stereocenters. The van der Waals surface area contributed by atoms with Crippen LogP contribution in [-0.2, 0) is 23.9 Å². The second-order valence-electron chi connectivity index (χ2n) is 4.53. The van der Waals surface area contributed by atoms with Crippen LogP contribution in [0.1, 0.15) is 73.1 Å². The molecule has 0 radical (unpaired) electrons. The summed E-state index contributed by atoms with van der Waals surface area (Å²) in [6, 6.07) is 0. The van der Waals surface area contributed by atoms with E-state index in [4.69, 9.17) is 34.4 Å². The Morgan fingerprint density at radius 3 is 1.33 bits per heavy atom. The fraction of sp³-hybridized carbons (Fsp3) is 0.750. The summed E-state index contributed by atoms with van der Waals surface area (Å²) in [5.41, 5.74) is 0. The van der Waals surface area contributed by atoms with Crippen molar-refractivity contribution >= 4 is 23.9 Å². The SMILES string of the molecule is CC(=O)O.CC(=O)O.CC(=O)O.CCCCCCCC(=O)OCC. The van der Waals surface area contributed by atoms with E-state index < -0.39 is 17.9 Å². The van der Waals surface area contributed by atoms with Crippen LogP contribution in [0.15, 0.2) is 0 Å². The van der Waals surface area contributed by atoms with Gasteiger partial charge in [-0.2, -0.15) is 0 Å². The van der Waals surface area contributed by atoms with E-state index in [1.165, 1.54) is 19.3 Å². The number of carbonyl (C=O) groups is 4. The number of carbonyl (C=O) groups excluding carboxylic acids is 1. The highest BCUT2D eigenvalue weighted by molar-refractivity contribution is 5.69. The zero-order valence-electron chi connectivity index (χ0n) is 15.3. The molecule has 0 heterocycles. The third kappa shape index (κ3) is 114. The van der Waals surface area contributed by atoms with Gasteiger partial charge in [-0.15, -0.1) is 0 Å². The van der Waals surface area contributed by atoms with Crippen LogP contribution in [-0.4, -0.2) is 45.8 Å². The van der Waals surface area contributed by atoms with Crippen molar-refractivity contribution in [3.8, 4) is 0 Å². The van der Waals surface area contributed by atoms with Gasteiger partial charge in [0.05, 0.1) is 6.61 Å². The molecule has 0 rings (SSSR count). The Balaban J connectivity index is -0.000000137. The van der Waals surface area contributed by atoms with Gasteiger partial charge in [0, 0.05) is 27.2 Å². The molecule has 0 aliphatic heterocycles. The molecule has 3 N–H and O–H groups in total. The smallest absolute Gasteiger partial charge is 0.305 e. The van der Waals surface area contributed by atoms with Crippen molar-refractivity contribution < 1.29 is 39.2 Å². The van der Waals surface area contributed by atoms with E-state index in [0.717, 1.165) is 33.6 Å². The minimum atomic E-state index is -0.833. The van der Waals surface area contributed by atoms with Crippen LogP contribution >= 0.6 is 0 Å². The molecular formula is C16H32O8. The van der Waals surface area contributed by atoms with Gasteiger partial charge in [0.1, 0.15) is 0 Å². The number of ether oxygens (including phenoxy) is 1. The normalized spacial score (nSPS) is 8.04. The van der Waals surface area contributed by atoms with Crippen LogP contribution in [0, 0.1) is 0 Å². The van der Waals surface area contributed by atoms with Gasteiger partial charge in [0.25, 0.3) is 17.9 Å². The van der Waals surface area contributed by atoms with Gasteiger partial charge in [-0.1, -0.05) is 32.6 Å². The van der Waals surface area contributed by atoms with Crippen molar-refractivity contribution in [2.75, 3.05) is 6.61 Å². The Labute approximate surface area is 143 Å². The molecule has 0 bridgehead atoms. The highest BCUT2D eigenvalue weighted by Gasteiger charge is 1.99. The van der Waals surface area contributed by atoms with E-state index >= 15 is 0 Å². The molecule has 8 nitrogen and oxygen atoms in total. The van der Waals surface area contributed by atoms with Crippen LogP contribution in [0.2, 0.25) is 0 Å². The van der Waals surface area contributed by atoms with Crippen LogP contribution in [0.3, 0.4) is 0 Å². The van der Waals surface area contributed by atoms with E-state index in [0.29, 0.717) is 13.0 Å². The minimum Gasteiger partial charge on any atom is -0.481 e. The average molecular weight is 352 g/mol. The van der Waals surface area contributed by atoms with Crippen molar-refractivity contribution in [1.29, 1.82) is 0 Å². The number of carboxylic acid groups (broad SMARTS) is 3. The first-order valence-electron chi connectivity index (χ1n) is 7.75. The summed E-state index contributed by atoms with van der Waals surface area (Å²) in [6.45, 7) is 7.79. The standard InChI is InChI=1S/C10H20O2.3C2H4O2/c1-3-5-6-7-8-9-10(11)12-4-2;3*1-2(3)4/h3-9H2,1-2H3;3*1H3,(H,3,4). The third-order valence-electron chi connectivity index (χ3n) is 1.79. The lowest BCUT2D eigenvalue weighted by Gasteiger charge is -2.00. The molecule has 0 aromatic heterocycles. The van der Waals surface area contributed by atoms with E-state index in [1.54, 1.807) is 0 Å². The molecule has 144 valence electrons. The van der Waals surface area contributed by atoms with Gasteiger partial charge in [-0.05, 0) is 13.3 Å². The maximum Gasteiger partial charge on any atom is 0.305 e. The number of hydrogen-bond donors (Lipinski definition) is 3. The van der Waals surface area contributed by atoms with Gasteiger partial charge in [0.15, 0.2) is 0 Å². The average Bonchev–Trinajstić information content (AvgIpc) is 2.36. The number of rotatable bonds is 7. The molecule has 0 aliphatic carbocycles. The molecule has 0 amide bonds. The molecule has 0 saturated heterocycles. The lowest BCUT2D eigenvalue weighted by atomic mass is 10.1. The largest absolute Gasteiger partial charge is 0.481 e. The van der Waals surface area contributed by atoms with Gasteiger partial charge in [0.2, 0.25) is 0 Å². The second-order valence-corrected chi connectivity index (χ2v) is 4.53. The second kappa shape index (κ2) is 25.8. The molecule has 0 unspecified atom stereocenters. The van der Waals surface area contributed by atoms with Crippen molar-refractivity contribution in [1.82, 2.24) is 0 Å². The van der Waals surface area contributed by atoms with E-state index in [9.17, 15) is 4.79 Å². The van der Waals surface area contributed by atoms with Gasteiger partial charge in [-0.3, -0.25) is 19.2 Å². The number of esters is 1. The first-order chi connectivity index (χ1) is 11.0. The minimum absolute atomic E-state index is 0.0472. The van der Waals surface area contributed by atoms with Crippen molar-refractivity contribution in [2.45, 2.75) is 73.1 Å². The zero-order chi connectivity index (χ0) is 20.0. The summed E-state index contributed by atoms with van der Waals surface area (Å²) in [4.78, 5) is 37.9. The molecule has 0 saturated carbocycles. The molecule has 24 heavy (non-hydrogen) atoms. The lowest BCUT2D eigenvalue weighted by Crippen LogP contribution is -2.02. The molecule has 0 fully saturated rings. The van der Waals surface area contributed by atoms with Crippen LogP contribution in [0.4, 0.5) is 0 Å². The van der Waals surface area contributed by atoms with E-state index in [2.05, 4.69) is 6.92 Å². The summed E-state index contributed by atoms with van der Waals surface area (Å²) in [7, 11) is 0. The lowest BCUT2D eigenvalue weighted by molar-refractivity contribution is -0.143. The number of hydrogen-bond acceptors (Lipinski definition) is 5. The summed E-state index contributed by atoms with van der Waals surface area (Å²) >= 11 is 0. The van der Waals surface area contributed by atoms with Crippen molar-refractivity contribution in [3.05, 3.63) is 0 Å². The van der Waals surface area contributed by atoms with Crippen LogP contribution < -0.4 is 0 Å². The van der Waals surface area contributed by atoms with Gasteiger partial charge < -0.3 is 20.1 Å². The van der Waals surface area contributed by atoms with Gasteiger partial charge in [-0.25, -0.2) is 0 Å².